The molecule has 1 heterocycles. The second-order valence-electron chi connectivity index (χ2n) is 6.14. The van der Waals surface area contributed by atoms with Gasteiger partial charge in [-0.05, 0) is 51.7 Å². The summed E-state index contributed by atoms with van der Waals surface area (Å²) in [5, 5.41) is 20.3. The van der Waals surface area contributed by atoms with E-state index in [1.807, 2.05) is 20.8 Å². The lowest BCUT2D eigenvalue weighted by Gasteiger charge is -2.35. The van der Waals surface area contributed by atoms with Crippen LogP contribution in [0.15, 0.2) is 0 Å². The van der Waals surface area contributed by atoms with Crippen LogP contribution in [0.3, 0.4) is 0 Å². The third kappa shape index (κ3) is 2.76. The van der Waals surface area contributed by atoms with Gasteiger partial charge in [0.1, 0.15) is 17.1 Å². The van der Waals surface area contributed by atoms with Gasteiger partial charge in [-0.3, -0.25) is 5.21 Å². The van der Waals surface area contributed by atoms with Crippen molar-refractivity contribution in [2.75, 3.05) is 0 Å². The third-order valence-electron chi connectivity index (χ3n) is 4.10. The number of nitrogens with two attached hydrogens (primary N) is 1. The molecule has 4 N–H and O–H groups in total. The largest absolute Gasteiger partial charge is 0.507 e. The Morgan fingerprint density at radius 3 is 2.57 bits per heavy atom. The Morgan fingerprint density at radius 2 is 2.00 bits per heavy atom. The van der Waals surface area contributed by atoms with Gasteiger partial charge in [-0.2, -0.15) is 0 Å². The van der Waals surface area contributed by atoms with Crippen LogP contribution < -0.4 is 10.5 Å². The number of urea groups is 1. The highest BCUT2D eigenvalue weighted by atomic mass is 16.5. The number of carbonyl (C=O) groups is 1. The topological polar surface area (TPSA) is 96.0 Å². The van der Waals surface area contributed by atoms with E-state index in [4.69, 9.17) is 10.5 Å². The quantitative estimate of drug-likeness (QED) is 0.576. The number of hydrogen-bond donors (Lipinski definition) is 3. The number of phenolic OH excluding ortho intramolecular Hbond substituents is 1. The molecule has 1 aromatic rings. The molecule has 21 heavy (non-hydrogen) atoms. The number of carbonyl (C=O) groups excluding carboxylic acids is 1. The minimum atomic E-state index is -0.960. The second-order valence-corrected chi connectivity index (χ2v) is 6.14. The molecule has 1 aliphatic rings. The van der Waals surface area contributed by atoms with Gasteiger partial charge in [0.15, 0.2) is 0 Å². The van der Waals surface area contributed by atoms with Crippen molar-refractivity contribution >= 4 is 6.03 Å². The molecule has 0 aromatic heterocycles. The summed E-state index contributed by atoms with van der Waals surface area (Å²) in [4.78, 5) is 11.0. The molecule has 0 aliphatic carbocycles. The number of primary amides is 1. The van der Waals surface area contributed by atoms with Gasteiger partial charge in [-0.15, -0.1) is 0 Å². The van der Waals surface area contributed by atoms with Gasteiger partial charge in [-0.25, -0.2) is 9.86 Å². The van der Waals surface area contributed by atoms with Crippen LogP contribution in [-0.4, -0.2) is 27.0 Å². The number of hydroxylamine groups is 2. The molecular weight excluding hydrogens is 272 g/mol. The van der Waals surface area contributed by atoms with Crippen LogP contribution in [0.4, 0.5) is 4.79 Å². The summed E-state index contributed by atoms with van der Waals surface area (Å²) in [5.74, 6) is 0.810. The van der Waals surface area contributed by atoms with E-state index in [2.05, 4.69) is 0 Å². The number of benzene rings is 1. The van der Waals surface area contributed by atoms with E-state index in [0.717, 1.165) is 23.3 Å². The fraction of sp³-hybridized carbons (Fsp3) is 0.533. The van der Waals surface area contributed by atoms with Crippen LogP contribution in [0, 0.1) is 13.8 Å². The molecule has 1 aliphatic heterocycles. The lowest BCUT2D eigenvalue weighted by Crippen LogP contribution is -2.35. The Labute approximate surface area is 124 Å². The van der Waals surface area contributed by atoms with Gasteiger partial charge in [-0.1, -0.05) is 0 Å². The van der Waals surface area contributed by atoms with Crippen LogP contribution in [0.2, 0.25) is 0 Å². The summed E-state index contributed by atoms with van der Waals surface area (Å²) < 4.78 is 6.04. The number of ether oxygens (including phenoxy) is 1. The summed E-state index contributed by atoms with van der Waals surface area (Å²) in [6.07, 6.45) is 1.50. The summed E-state index contributed by atoms with van der Waals surface area (Å²) in [5.41, 5.74) is 7.65. The fourth-order valence-corrected chi connectivity index (χ4v) is 2.63. The molecule has 1 aromatic carbocycles. The summed E-state index contributed by atoms with van der Waals surface area (Å²) >= 11 is 0. The maximum atomic E-state index is 11.0. The first-order valence-corrected chi connectivity index (χ1v) is 6.93. The second kappa shape index (κ2) is 5.11. The van der Waals surface area contributed by atoms with Crippen molar-refractivity contribution in [1.29, 1.82) is 0 Å². The number of amides is 2. The molecule has 116 valence electrons. The van der Waals surface area contributed by atoms with Gasteiger partial charge in [0, 0.05) is 11.1 Å². The number of rotatable bonds is 2. The van der Waals surface area contributed by atoms with Gasteiger partial charge in [0.05, 0.1) is 6.54 Å². The van der Waals surface area contributed by atoms with E-state index in [-0.39, 0.29) is 17.9 Å². The Hall–Kier alpha value is -1.95. The van der Waals surface area contributed by atoms with Crippen LogP contribution in [0.1, 0.15) is 42.5 Å². The molecule has 0 atom stereocenters. The van der Waals surface area contributed by atoms with Crippen LogP contribution >= 0.6 is 0 Å². The predicted octanol–water partition coefficient (Wildman–Crippen LogP) is 2.38. The van der Waals surface area contributed by atoms with Crippen LogP contribution in [0.25, 0.3) is 0 Å². The third-order valence-corrected chi connectivity index (χ3v) is 4.10. The van der Waals surface area contributed by atoms with Crippen molar-refractivity contribution in [3.63, 3.8) is 0 Å². The summed E-state index contributed by atoms with van der Waals surface area (Å²) in [6, 6.07) is -0.960. The molecule has 0 saturated heterocycles. The first-order valence-electron chi connectivity index (χ1n) is 6.93. The zero-order valence-corrected chi connectivity index (χ0v) is 12.9. The molecule has 6 nitrogen and oxygen atoms in total. The number of hydrogen-bond acceptors (Lipinski definition) is 4. The van der Waals surface area contributed by atoms with Crippen molar-refractivity contribution in [1.82, 2.24) is 5.06 Å². The van der Waals surface area contributed by atoms with Gasteiger partial charge in [0.2, 0.25) is 0 Å². The zero-order valence-electron chi connectivity index (χ0n) is 12.9. The van der Waals surface area contributed by atoms with E-state index >= 15 is 0 Å². The van der Waals surface area contributed by atoms with Crippen molar-refractivity contribution in [2.24, 2.45) is 5.73 Å². The standard InChI is InChI=1S/C15H22N2O4/c1-8-9(2)13-10(5-6-15(3,4)21-13)11(12(8)18)7-17(20)14(16)19/h18,20H,5-7H2,1-4H3,(H2,16,19). The average molecular weight is 294 g/mol. The van der Waals surface area contributed by atoms with Crippen LogP contribution in [0.5, 0.6) is 11.5 Å². The zero-order chi connectivity index (χ0) is 15.9. The Balaban J connectivity index is 2.56. The summed E-state index contributed by atoms with van der Waals surface area (Å²) in [6.45, 7) is 7.54. The lowest BCUT2D eigenvalue weighted by molar-refractivity contribution is -0.0479. The smallest absolute Gasteiger partial charge is 0.338 e. The maximum absolute atomic E-state index is 11.0. The van der Waals surface area contributed by atoms with Crippen molar-refractivity contribution in [3.05, 3.63) is 22.3 Å². The molecule has 0 spiro atoms. The fourth-order valence-electron chi connectivity index (χ4n) is 2.63. The molecule has 0 bridgehead atoms. The number of nitrogens with zero attached hydrogens (tertiary/aromatic N) is 1. The number of phenols is 1. The molecule has 0 radical (unpaired) electrons. The van der Waals surface area contributed by atoms with Gasteiger partial charge in [0.25, 0.3) is 0 Å². The highest BCUT2D eigenvalue weighted by Gasteiger charge is 2.32. The first-order chi connectivity index (χ1) is 9.64. The lowest BCUT2D eigenvalue weighted by atomic mass is 9.87. The van der Waals surface area contributed by atoms with Crippen LogP contribution in [-0.2, 0) is 13.0 Å². The SMILES string of the molecule is Cc1c(C)c2c(c(CN(O)C(N)=O)c1O)CCC(C)(C)O2. The van der Waals surface area contributed by atoms with E-state index in [1.165, 1.54) is 0 Å². The van der Waals surface area contributed by atoms with E-state index in [9.17, 15) is 15.1 Å². The molecule has 0 unspecified atom stereocenters. The molecule has 6 heteroatoms. The highest BCUT2D eigenvalue weighted by Crippen LogP contribution is 2.43. The monoisotopic (exact) mass is 294 g/mol. The van der Waals surface area contributed by atoms with E-state index in [0.29, 0.717) is 22.6 Å². The Bertz CT molecular complexity index is 596. The maximum Gasteiger partial charge on any atom is 0.338 e. The number of fused-ring (bicyclic) bond motifs is 1. The minimum Gasteiger partial charge on any atom is -0.507 e. The predicted molar refractivity (Wildman–Crippen MR) is 77.5 cm³/mol. The number of aromatic hydroxyl groups is 1. The van der Waals surface area contributed by atoms with E-state index < -0.39 is 6.03 Å². The first kappa shape index (κ1) is 15.4. The molecule has 2 rings (SSSR count). The molecule has 0 fully saturated rings. The van der Waals surface area contributed by atoms with Crippen molar-refractivity contribution < 1.29 is 19.8 Å². The normalized spacial score (nSPS) is 16.0. The Morgan fingerprint density at radius 1 is 1.38 bits per heavy atom. The summed E-state index contributed by atoms with van der Waals surface area (Å²) in [7, 11) is 0. The molecule has 2 amide bonds. The highest BCUT2D eigenvalue weighted by molar-refractivity contribution is 5.71. The van der Waals surface area contributed by atoms with E-state index in [1.54, 1.807) is 6.92 Å². The van der Waals surface area contributed by atoms with Gasteiger partial charge >= 0.3 is 6.03 Å². The van der Waals surface area contributed by atoms with Gasteiger partial charge < -0.3 is 15.6 Å². The molecular formula is C15H22N2O4. The molecule has 0 saturated carbocycles. The van der Waals surface area contributed by atoms with Crippen molar-refractivity contribution in [3.8, 4) is 11.5 Å². The minimum absolute atomic E-state index is 0.0786. The average Bonchev–Trinajstić information content (AvgIpc) is 2.40. The Kier molecular flexibility index (Phi) is 3.76. The van der Waals surface area contributed by atoms with Crippen molar-refractivity contribution in [2.45, 2.75) is 52.7 Å².